The van der Waals surface area contributed by atoms with Gasteiger partial charge in [0, 0.05) is 11.8 Å². The van der Waals surface area contributed by atoms with Crippen molar-refractivity contribution in [1.29, 1.82) is 0 Å². The number of carbonyl (C=O) groups excluding carboxylic acids is 1. The number of thioether (sulfide) groups is 1. The highest BCUT2D eigenvalue weighted by molar-refractivity contribution is 7.99. The van der Waals surface area contributed by atoms with Crippen LogP contribution in [0.5, 0.6) is 0 Å². The molecule has 0 saturated carbocycles. The van der Waals surface area contributed by atoms with Crippen molar-refractivity contribution in [2.75, 3.05) is 11.1 Å². The molecule has 23 heavy (non-hydrogen) atoms. The standard InChI is InChI=1S/C15H15ClFN3O2S/c1-2-3-10-7-13(21)20-15(18-10)23-8-14(22)19-12-5-4-9(17)6-11(12)16/h4-7H,2-3,8H2,1H3,(H,19,22)(H,18,20,21). The maximum absolute atomic E-state index is 12.9. The average Bonchev–Trinajstić information content (AvgIpc) is 2.48. The molecule has 5 nitrogen and oxygen atoms in total. The zero-order chi connectivity index (χ0) is 16.8. The first-order valence-electron chi connectivity index (χ1n) is 6.96. The Morgan fingerprint density at radius 2 is 2.22 bits per heavy atom. The van der Waals surface area contributed by atoms with Gasteiger partial charge in [-0.25, -0.2) is 9.37 Å². The summed E-state index contributed by atoms with van der Waals surface area (Å²) in [6, 6.07) is 5.17. The Labute approximate surface area is 141 Å². The van der Waals surface area contributed by atoms with Gasteiger partial charge in [-0.05, 0) is 24.6 Å². The van der Waals surface area contributed by atoms with Crippen LogP contribution in [0, 0.1) is 5.82 Å². The fourth-order valence-corrected chi connectivity index (χ4v) is 2.76. The van der Waals surface area contributed by atoms with E-state index in [9.17, 15) is 14.0 Å². The lowest BCUT2D eigenvalue weighted by atomic mass is 10.2. The van der Waals surface area contributed by atoms with Crippen LogP contribution in [0.2, 0.25) is 5.02 Å². The third-order valence-corrected chi connectivity index (χ3v) is 4.01. The summed E-state index contributed by atoms with van der Waals surface area (Å²) >= 11 is 6.96. The third kappa shape index (κ3) is 5.37. The molecule has 0 radical (unpaired) electrons. The lowest BCUT2D eigenvalue weighted by Gasteiger charge is -2.07. The molecular formula is C15H15ClFN3O2S. The summed E-state index contributed by atoms with van der Waals surface area (Å²) in [6.07, 6.45) is 1.58. The minimum atomic E-state index is -0.475. The van der Waals surface area contributed by atoms with Gasteiger partial charge < -0.3 is 10.3 Å². The van der Waals surface area contributed by atoms with Crippen molar-refractivity contribution < 1.29 is 9.18 Å². The summed E-state index contributed by atoms with van der Waals surface area (Å²) in [5, 5.41) is 3.10. The molecule has 0 aliphatic carbocycles. The molecule has 1 aromatic carbocycles. The molecule has 0 aliphatic heterocycles. The maximum Gasteiger partial charge on any atom is 0.251 e. The number of nitrogens with zero attached hydrogens (tertiary/aromatic N) is 1. The third-order valence-electron chi connectivity index (χ3n) is 2.82. The lowest BCUT2D eigenvalue weighted by Crippen LogP contribution is -2.16. The van der Waals surface area contributed by atoms with Gasteiger partial charge in [0.15, 0.2) is 5.16 Å². The quantitative estimate of drug-likeness (QED) is 0.616. The van der Waals surface area contributed by atoms with Crippen LogP contribution in [0.1, 0.15) is 19.0 Å². The van der Waals surface area contributed by atoms with E-state index in [0.29, 0.717) is 23.0 Å². The average molecular weight is 356 g/mol. The molecule has 8 heteroatoms. The van der Waals surface area contributed by atoms with E-state index in [2.05, 4.69) is 15.3 Å². The molecule has 2 rings (SSSR count). The molecule has 0 fully saturated rings. The van der Waals surface area contributed by atoms with Crippen molar-refractivity contribution in [3.63, 3.8) is 0 Å². The number of amides is 1. The van der Waals surface area contributed by atoms with Crippen molar-refractivity contribution in [3.8, 4) is 0 Å². The number of H-pyrrole nitrogens is 1. The van der Waals surface area contributed by atoms with Gasteiger partial charge in [-0.1, -0.05) is 36.7 Å². The molecule has 0 bridgehead atoms. The van der Waals surface area contributed by atoms with Gasteiger partial charge in [-0.2, -0.15) is 0 Å². The number of nitrogens with one attached hydrogen (secondary N) is 2. The Hall–Kier alpha value is -1.86. The molecule has 2 N–H and O–H groups in total. The van der Waals surface area contributed by atoms with E-state index in [1.54, 1.807) is 0 Å². The fourth-order valence-electron chi connectivity index (χ4n) is 1.85. The van der Waals surface area contributed by atoms with Gasteiger partial charge >= 0.3 is 0 Å². The summed E-state index contributed by atoms with van der Waals surface area (Å²) < 4.78 is 12.9. The van der Waals surface area contributed by atoms with Crippen molar-refractivity contribution >= 4 is 35.0 Å². The van der Waals surface area contributed by atoms with E-state index in [0.717, 1.165) is 24.2 Å². The second-order valence-electron chi connectivity index (χ2n) is 4.75. The number of benzene rings is 1. The van der Waals surface area contributed by atoms with Crippen molar-refractivity contribution in [2.24, 2.45) is 0 Å². The summed E-state index contributed by atoms with van der Waals surface area (Å²) in [5.41, 5.74) is 0.786. The molecular weight excluding hydrogens is 341 g/mol. The van der Waals surface area contributed by atoms with E-state index >= 15 is 0 Å². The molecule has 0 atom stereocenters. The summed E-state index contributed by atoms with van der Waals surface area (Å²) in [7, 11) is 0. The normalized spacial score (nSPS) is 10.6. The Balaban J connectivity index is 1.97. The van der Waals surface area contributed by atoms with Crippen LogP contribution in [0.15, 0.2) is 34.2 Å². The van der Waals surface area contributed by atoms with Crippen LogP contribution >= 0.6 is 23.4 Å². The molecule has 122 valence electrons. The first kappa shape index (κ1) is 17.5. The molecule has 0 unspecified atom stereocenters. The number of rotatable bonds is 6. The van der Waals surface area contributed by atoms with E-state index in [1.165, 1.54) is 18.2 Å². The van der Waals surface area contributed by atoms with Crippen LogP contribution in [0.3, 0.4) is 0 Å². The lowest BCUT2D eigenvalue weighted by molar-refractivity contribution is -0.113. The van der Waals surface area contributed by atoms with Crippen LogP contribution in [-0.4, -0.2) is 21.6 Å². The molecule has 2 aromatic rings. The van der Waals surface area contributed by atoms with Crippen molar-refractivity contribution in [1.82, 2.24) is 9.97 Å². The first-order chi connectivity index (χ1) is 11.0. The maximum atomic E-state index is 12.9. The minimum absolute atomic E-state index is 0.0478. The number of hydrogen-bond donors (Lipinski definition) is 2. The first-order valence-corrected chi connectivity index (χ1v) is 8.32. The van der Waals surface area contributed by atoms with E-state index < -0.39 is 5.82 Å². The number of hydrogen-bond acceptors (Lipinski definition) is 4. The number of aryl methyl sites for hydroxylation is 1. The zero-order valence-electron chi connectivity index (χ0n) is 12.4. The fraction of sp³-hybridized carbons (Fsp3) is 0.267. The van der Waals surface area contributed by atoms with E-state index in [4.69, 9.17) is 11.6 Å². The molecule has 0 saturated heterocycles. The van der Waals surface area contributed by atoms with Gasteiger partial charge in [0.05, 0.1) is 16.5 Å². The second-order valence-corrected chi connectivity index (χ2v) is 6.12. The smallest absolute Gasteiger partial charge is 0.251 e. The second kappa shape index (κ2) is 8.12. The molecule has 0 aliphatic rings. The largest absolute Gasteiger partial charge is 0.324 e. The summed E-state index contributed by atoms with van der Waals surface area (Å²) in [5.74, 6) is -0.754. The van der Waals surface area contributed by atoms with Crippen LogP contribution in [0.4, 0.5) is 10.1 Å². The van der Waals surface area contributed by atoms with Gasteiger partial charge in [0.25, 0.3) is 5.56 Å². The Morgan fingerprint density at radius 3 is 2.91 bits per heavy atom. The molecule has 1 amide bonds. The number of aromatic amines is 1. The zero-order valence-corrected chi connectivity index (χ0v) is 13.9. The summed E-state index contributed by atoms with van der Waals surface area (Å²) in [4.78, 5) is 30.3. The van der Waals surface area contributed by atoms with Gasteiger partial charge in [-0.3, -0.25) is 9.59 Å². The number of anilines is 1. The Bertz CT molecular complexity index is 767. The molecule has 0 spiro atoms. The van der Waals surface area contributed by atoms with Gasteiger partial charge in [0.1, 0.15) is 5.82 Å². The van der Waals surface area contributed by atoms with E-state index in [-0.39, 0.29) is 22.2 Å². The van der Waals surface area contributed by atoms with E-state index in [1.807, 2.05) is 6.92 Å². The number of aromatic nitrogens is 2. The van der Waals surface area contributed by atoms with Crippen LogP contribution in [-0.2, 0) is 11.2 Å². The Morgan fingerprint density at radius 1 is 1.43 bits per heavy atom. The highest BCUT2D eigenvalue weighted by Gasteiger charge is 2.09. The van der Waals surface area contributed by atoms with Crippen LogP contribution in [0.25, 0.3) is 0 Å². The van der Waals surface area contributed by atoms with Crippen molar-refractivity contribution in [2.45, 2.75) is 24.9 Å². The predicted molar refractivity (Wildman–Crippen MR) is 89.6 cm³/mol. The monoisotopic (exact) mass is 355 g/mol. The van der Waals surface area contributed by atoms with Crippen LogP contribution < -0.4 is 10.9 Å². The topological polar surface area (TPSA) is 74.8 Å². The van der Waals surface area contributed by atoms with Gasteiger partial charge in [-0.15, -0.1) is 0 Å². The highest BCUT2D eigenvalue weighted by atomic mass is 35.5. The highest BCUT2D eigenvalue weighted by Crippen LogP contribution is 2.23. The minimum Gasteiger partial charge on any atom is -0.324 e. The van der Waals surface area contributed by atoms with Gasteiger partial charge in [0.2, 0.25) is 5.91 Å². The predicted octanol–water partition coefficient (Wildman–Crippen LogP) is 3.25. The SMILES string of the molecule is CCCc1cc(=O)[nH]c(SCC(=O)Nc2ccc(F)cc2Cl)n1. The Kier molecular flexibility index (Phi) is 6.18. The molecule has 1 aromatic heterocycles. The summed E-state index contributed by atoms with van der Waals surface area (Å²) in [6.45, 7) is 2.00. The molecule has 1 heterocycles. The van der Waals surface area contributed by atoms with Crippen molar-refractivity contribution in [3.05, 3.63) is 51.2 Å². The number of carbonyl (C=O) groups is 1. The number of halogens is 2.